The summed E-state index contributed by atoms with van der Waals surface area (Å²) in [6, 6.07) is -0.0693. The molecule has 1 amide bonds. The van der Waals surface area contributed by atoms with Crippen molar-refractivity contribution in [1.29, 1.82) is 0 Å². The molecule has 0 aromatic heterocycles. The van der Waals surface area contributed by atoms with E-state index in [0.29, 0.717) is 6.54 Å². The number of carbonyl (C=O) groups excluding carboxylic acids is 2. The van der Waals surface area contributed by atoms with Crippen molar-refractivity contribution in [1.82, 2.24) is 4.90 Å². The Morgan fingerprint density at radius 2 is 2.47 bits per heavy atom. The van der Waals surface area contributed by atoms with E-state index >= 15 is 0 Å². The molecule has 2 atom stereocenters. The third kappa shape index (κ3) is 1.82. The minimum Gasteiger partial charge on any atom is -0.453 e. The molecule has 0 aliphatic carbocycles. The summed E-state index contributed by atoms with van der Waals surface area (Å²) in [6.07, 6.45) is 4.21. The van der Waals surface area contributed by atoms with Crippen LogP contribution in [0.3, 0.4) is 0 Å². The summed E-state index contributed by atoms with van der Waals surface area (Å²) in [6.45, 7) is 0.666. The normalized spacial score (nSPS) is 29.4. The fourth-order valence-corrected chi connectivity index (χ4v) is 2.07. The van der Waals surface area contributed by atoms with Crippen LogP contribution >= 0.6 is 0 Å². The van der Waals surface area contributed by atoms with Gasteiger partial charge in [0.05, 0.1) is 13.2 Å². The lowest BCUT2D eigenvalue weighted by Gasteiger charge is -2.26. The number of methoxy groups -OCH3 is 1. The van der Waals surface area contributed by atoms with Crippen LogP contribution in [0.1, 0.15) is 12.8 Å². The molecule has 1 saturated heterocycles. The number of nitrogens with zero attached hydrogens (tertiary/aromatic N) is 1. The predicted molar refractivity (Wildman–Crippen MR) is 51.2 cm³/mol. The minimum absolute atomic E-state index is 0.0693. The summed E-state index contributed by atoms with van der Waals surface area (Å²) in [5.74, 6) is -0.336. The topological polar surface area (TPSA) is 55.8 Å². The molecule has 2 heterocycles. The van der Waals surface area contributed by atoms with Gasteiger partial charge in [0.25, 0.3) is 0 Å². The van der Waals surface area contributed by atoms with Crippen LogP contribution in [0.5, 0.6) is 0 Å². The molecule has 5 heteroatoms. The van der Waals surface area contributed by atoms with Crippen molar-refractivity contribution in [3.8, 4) is 0 Å². The molecule has 0 unspecified atom stereocenters. The molecule has 0 N–H and O–H groups in total. The van der Waals surface area contributed by atoms with E-state index in [9.17, 15) is 9.59 Å². The van der Waals surface area contributed by atoms with Crippen molar-refractivity contribution in [2.75, 3.05) is 13.7 Å². The minimum atomic E-state index is -0.353. The highest BCUT2D eigenvalue weighted by Gasteiger charge is 2.37. The Balaban J connectivity index is 2.05. The van der Waals surface area contributed by atoms with Gasteiger partial charge in [0.1, 0.15) is 6.10 Å². The number of esters is 1. The SMILES string of the molecule is COC(=O)N1CCC[C@H]1[C@H]1C=CC(=O)O1. The molecule has 0 spiro atoms. The molecular formula is C10H13NO4. The van der Waals surface area contributed by atoms with E-state index in [1.54, 1.807) is 11.0 Å². The van der Waals surface area contributed by atoms with Crippen LogP contribution in [0.2, 0.25) is 0 Å². The average Bonchev–Trinajstić information content (AvgIpc) is 2.84. The lowest BCUT2D eigenvalue weighted by molar-refractivity contribution is -0.140. The van der Waals surface area contributed by atoms with Gasteiger partial charge in [-0.3, -0.25) is 0 Å². The third-order valence-electron chi connectivity index (χ3n) is 2.76. The van der Waals surface area contributed by atoms with Gasteiger partial charge in [-0.05, 0) is 18.9 Å². The molecule has 15 heavy (non-hydrogen) atoms. The lowest BCUT2D eigenvalue weighted by Crippen LogP contribution is -2.42. The molecule has 1 fully saturated rings. The monoisotopic (exact) mass is 211 g/mol. The molecule has 0 aromatic carbocycles. The second-order valence-corrected chi connectivity index (χ2v) is 3.63. The number of carbonyl (C=O) groups is 2. The highest BCUT2D eigenvalue weighted by atomic mass is 16.6. The van der Waals surface area contributed by atoms with Crippen LogP contribution in [0.4, 0.5) is 4.79 Å². The van der Waals surface area contributed by atoms with E-state index in [0.717, 1.165) is 12.8 Å². The number of likely N-dealkylation sites (tertiary alicyclic amines) is 1. The summed E-state index contributed by atoms with van der Waals surface area (Å²) in [5.41, 5.74) is 0. The molecule has 2 aliphatic heterocycles. The van der Waals surface area contributed by atoms with Crippen molar-refractivity contribution < 1.29 is 19.1 Å². The van der Waals surface area contributed by atoms with Gasteiger partial charge < -0.3 is 14.4 Å². The van der Waals surface area contributed by atoms with Crippen LogP contribution in [0.25, 0.3) is 0 Å². The highest BCUT2D eigenvalue weighted by molar-refractivity contribution is 5.84. The van der Waals surface area contributed by atoms with E-state index in [-0.39, 0.29) is 24.2 Å². The fourth-order valence-electron chi connectivity index (χ4n) is 2.07. The molecule has 0 aromatic rings. The third-order valence-corrected chi connectivity index (χ3v) is 2.76. The number of amides is 1. The molecule has 0 bridgehead atoms. The van der Waals surface area contributed by atoms with Gasteiger partial charge in [-0.15, -0.1) is 0 Å². The highest BCUT2D eigenvalue weighted by Crippen LogP contribution is 2.25. The fraction of sp³-hybridized carbons (Fsp3) is 0.600. The van der Waals surface area contributed by atoms with Crippen LogP contribution < -0.4 is 0 Å². The zero-order chi connectivity index (χ0) is 10.8. The summed E-state index contributed by atoms with van der Waals surface area (Å²) >= 11 is 0. The van der Waals surface area contributed by atoms with Crippen molar-refractivity contribution in [2.45, 2.75) is 25.0 Å². The van der Waals surface area contributed by atoms with E-state index < -0.39 is 0 Å². The molecule has 2 rings (SSSR count). The molecule has 0 saturated carbocycles. The number of cyclic esters (lactones) is 1. The quantitative estimate of drug-likeness (QED) is 0.599. The Kier molecular flexibility index (Phi) is 2.62. The molecule has 82 valence electrons. The number of hydrogen-bond acceptors (Lipinski definition) is 4. The van der Waals surface area contributed by atoms with Crippen LogP contribution in [0.15, 0.2) is 12.2 Å². The van der Waals surface area contributed by atoms with Gasteiger partial charge in [-0.25, -0.2) is 9.59 Å². The van der Waals surface area contributed by atoms with Crippen LogP contribution in [-0.2, 0) is 14.3 Å². The molecule has 5 nitrogen and oxygen atoms in total. The second-order valence-electron chi connectivity index (χ2n) is 3.63. The van der Waals surface area contributed by atoms with Crippen molar-refractivity contribution in [3.63, 3.8) is 0 Å². The average molecular weight is 211 g/mol. The van der Waals surface area contributed by atoms with Gasteiger partial charge >= 0.3 is 12.1 Å². The zero-order valence-electron chi connectivity index (χ0n) is 8.51. The van der Waals surface area contributed by atoms with Crippen molar-refractivity contribution >= 4 is 12.1 Å². The number of hydrogen-bond donors (Lipinski definition) is 0. The summed E-state index contributed by atoms with van der Waals surface area (Å²) in [4.78, 5) is 23.9. The van der Waals surface area contributed by atoms with Crippen LogP contribution in [-0.4, -0.2) is 42.8 Å². The second kappa shape index (κ2) is 3.92. The first-order chi connectivity index (χ1) is 7.22. The molecular weight excluding hydrogens is 198 g/mol. The Morgan fingerprint density at radius 1 is 1.67 bits per heavy atom. The maximum Gasteiger partial charge on any atom is 0.409 e. The molecule has 0 radical (unpaired) electrons. The summed E-state index contributed by atoms with van der Waals surface area (Å²) in [5, 5.41) is 0. The summed E-state index contributed by atoms with van der Waals surface area (Å²) < 4.78 is 9.74. The maximum atomic E-state index is 11.4. The maximum absolute atomic E-state index is 11.4. The van der Waals surface area contributed by atoms with Gasteiger partial charge in [0.2, 0.25) is 0 Å². The number of rotatable bonds is 1. The largest absolute Gasteiger partial charge is 0.453 e. The smallest absolute Gasteiger partial charge is 0.409 e. The summed E-state index contributed by atoms with van der Waals surface area (Å²) in [7, 11) is 1.36. The number of ether oxygens (including phenoxy) is 2. The Morgan fingerprint density at radius 3 is 3.07 bits per heavy atom. The van der Waals surface area contributed by atoms with Gasteiger partial charge in [-0.2, -0.15) is 0 Å². The first-order valence-electron chi connectivity index (χ1n) is 4.96. The Bertz CT molecular complexity index is 313. The van der Waals surface area contributed by atoms with Gasteiger partial charge in [0, 0.05) is 12.6 Å². The molecule has 2 aliphatic rings. The standard InChI is InChI=1S/C10H13NO4/c1-14-10(13)11-6-2-3-7(11)8-4-5-9(12)15-8/h4-5,7-8H,2-3,6H2,1H3/t7-,8+/m0/s1. The van der Waals surface area contributed by atoms with Gasteiger partial charge in [-0.1, -0.05) is 0 Å². The van der Waals surface area contributed by atoms with E-state index in [1.807, 2.05) is 0 Å². The lowest BCUT2D eigenvalue weighted by atomic mass is 10.1. The van der Waals surface area contributed by atoms with E-state index in [4.69, 9.17) is 4.74 Å². The van der Waals surface area contributed by atoms with Crippen molar-refractivity contribution in [3.05, 3.63) is 12.2 Å². The van der Waals surface area contributed by atoms with Crippen molar-refractivity contribution in [2.24, 2.45) is 0 Å². The van der Waals surface area contributed by atoms with E-state index in [2.05, 4.69) is 4.74 Å². The van der Waals surface area contributed by atoms with Gasteiger partial charge in [0.15, 0.2) is 0 Å². The Labute approximate surface area is 87.6 Å². The van der Waals surface area contributed by atoms with Crippen LogP contribution in [0, 0.1) is 0 Å². The van der Waals surface area contributed by atoms with E-state index in [1.165, 1.54) is 13.2 Å². The first kappa shape index (κ1) is 10.0. The predicted octanol–water partition coefficient (Wildman–Crippen LogP) is 0.699. The zero-order valence-corrected chi connectivity index (χ0v) is 8.51. The first-order valence-corrected chi connectivity index (χ1v) is 4.96. The Hall–Kier alpha value is -1.52.